The molecule has 0 aromatic carbocycles. The molecule has 0 fully saturated rings. The number of hydrogen-bond donors (Lipinski definition) is 0. The molecule has 0 saturated heterocycles. The molecular weight excluding hydrogens is 612 g/mol. The van der Waals surface area contributed by atoms with Gasteiger partial charge < -0.3 is 14.2 Å². The molecule has 0 spiro atoms. The Bertz CT molecular complexity index is 736. The van der Waals surface area contributed by atoms with Crippen molar-refractivity contribution in [1.29, 1.82) is 0 Å². The lowest BCUT2D eigenvalue weighted by molar-refractivity contribution is -0.167. The standard InChI is InChI=1S/C43H82O6/c1-5-7-9-11-13-15-16-17-18-20-22-28-32-36-43(46)49-40(37-47-41(44)34-30-26-21-19-14-12-10-8-6-2)38-48-42(45)35-31-27-24-23-25-29-33-39(3)4/h39-40H,5-38H2,1-4H3/t40-/m1/s1. The summed E-state index contributed by atoms with van der Waals surface area (Å²) < 4.78 is 16.6. The van der Waals surface area contributed by atoms with Crippen molar-refractivity contribution in [3.63, 3.8) is 0 Å². The average Bonchev–Trinajstić information content (AvgIpc) is 3.08. The second kappa shape index (κ2) is 37.7. The Kier molecular flexibility index (Phi) is 36.4. The quantitative estimate of drug-likeness (QED) is 0.0364. The first-order valence-electron chi connectivity index (χ1n) is 21.4. The van der Waals surface area contributed by atoms with E-state index in [0.29, 0.717) is 19.3 Å². The van der Waals surface area contributed by atoms with E-state index in [-0.39, 0.29) is 31.1 Å². The minimum atomic E-state index is -0.758. The Morgan fingerprint density at radius 2 is 0.673 bits per heavy atom. The second-order valence-electron chi connectivity index (χ2n) is 15.1. The maximum Gasteiger partial charge on any atom is 0.306 e. The molecule has 0 bridgehead atoms. The highest BCUT2D eigenvalue weighted by molar-refractivity contribution is 5.71. The number of hydrogen-bond acceptors (Lipinski definition) is 6. The molecule has 0 heterocycles. The smallest absolute Gasteiger partial charge is 0.306 e. The zero-order valence-electron chi connectivity index (χ0n) is 33.1. The molecule has 0 N–H and O–H groups in total. The molecule has 0 aromatic heterocycles. The molecule has 6 nitrogen and oxygen atoms in total. The highest BCUT2D eigenvalue weighted by atomic mass is 16.6. The summed E-state index contributed by atoms with van der Waals surface area (Å²) in [7, 11) is 0. The van der Waals surface area contributed by atoms with Gasteiger partial charge >= 0.3 is 17.9 Å². The zero-order chi connectivity index (χ0) is 36.0. The molecule has 0 amide bonds. The van der Waals surface area contributed by atoms with Gasteiger partial charge in [-0.15, -0.1) is 0 Å². The van der Waals surface area contributed by atoms with Crippen molar-refractivity contribution in [2.24, 2.45) is 5.92 Å². The van der Waals surface area contributed by atoms with Gasteiger partial charge in [-0.25, -0.2) is 0 Å². The summed E-state index contributed by atoms with van der Waals surface area (Å²) in [6.07, 6.45) is 35.3. The van der Waals surface area contributed by atoms with Crippen molar-refractivity contribution in [3.05, 3.63) is 0 Å². The van der Waals surface area contributed by atoms with Crippen molar-refractivity contribution in [2.45, 2.75) is 239 Å². The summed E-state index contributed by atoms with van der Waals surface area (Å²) in [6.45, 7) is 8.89. The molecule has 0 radical (unpaired) electrons. The van der Waals surface area contributed by atoms with E-state index < -0.39 is 6.10 Å². The van der Waals surface area contributed by atoms with Crippen LogP contribution in [0.3, 0.4) is 0 Å². The largest absolute Gasteiger partial charge is 0.462 e. The Morgan fingerprint density at radius 1 is 0.388 bits per heavy atom. The number of carbonyl (C=O) groups is 3. The second-order valence-corrected chi connectivity index (χ2v) is 15.1. The number of esters is 3. The lowest BCUT2D eigenvalue weighted by atomic mass is 10.0. The first kappa shape index (κ1) is 47.4. The number of unbranched alkanes of at least 4 members (excludes halogenated alkanes) is 25. The van der Waals surface area contributed by atoms with Gasteiger partial charge in [-0.3, -0.25) is 14.4 Å². The van der Waals surface area contributed by atoms with Crippen molar-refractivity contribution < 1.29 is 28.6 Å². The molecule has 0 aliphatic rings. The van der Waals surface area contributed by atoms with Crippen LogP contribution in [0, 0.1) is 5.92 Å². The summed E-state index contributed by atoms with van der Waals surface area (Å²) in [5.74, 6) is -0.101. The normalized spacial score (nSPS) is 11.9. The van der Waals surface area contributed by atoms with Crippen LogP contribution in [0.15, 0.2) is 0 Å². The van der Waals surface area contributed by atoms with Crippen LogP contribution in [0.1, 0.15) is 233 Å². The van der Waals surface area contributed by atoms with Crippen molar-refractivity contribution >= 4 is 17.9 Å². The van der Waals surface area contributed by atoms with Gasteiger partial charge in [0.15, 0.2) is 6.10 Å². The van der Waals surface area contributed by atoms with Gasteiger partial charge in [0.05, 0.1) is 0 Å². The van der Waals surface area contributed by atoms with Crippen molar-refractivity contribution in [3.8, 4) is 0 Å². The van der Waals surface area contributed by atoms with E-state index in [4.69, 9.17) is 14.2 Å². The Labute approximate surface area is 304 Å². The van der Waals surface area contributed by atoms with E-state index >= 15 is 0 Å². The third-order valence-electron chi connectivity index (χ3n) is 9.54. The lowest BCUT2D eigenvalue weighted by Gasteiger charge is -2.18. The summed E-state index contributed by atoms with van der Waals surface area (Å²) in [6, 6.07) is 0. The maximum absolute atomic E-state index is 12.7. The molecule has 6 heteroatoms. The van der Waals surface area contributed by atoms with Gasteiger partial charge in [0.1, 0.15) is 13.2 Å². The molecule has 0 saturated carbocycles. The fraction of sp³-hybridized carbons (Fsp3) is 0.930. The molecule has 0 rings (SSSR count). The van der Waals surface area contributed by atoms with E-state index in [1.54, 1.807) is 0 Å². The topological polar surface area (TPSA) is 78.9 Å². The van der Waals surface area contributed by atoms with Crippen LogP contribution in [0.5, 0.6) is 0 Å². The van der Waals surface area contributed by atoms with Gasteiger partial charge in [0.25, 0.3) is 0 Å². The molecular formula is C43H82O6. The predicted molar refractivity (Wildman–Crippen MR) is 206 cm³/mol. The van der Waals surface area contributed by atoms with Crippen LogP contribution < -0.4 is 0 Å². The molecule has 1 atom stereocenters. The first-order valence-corrected chi connectivity index (χ1v) is 21.4. The van der Waals surface area contributed by atoms with E-state index in [0.717, 1.165) is 63.7 Å². The zero-order valence-corrected chi connectivity index (χ0v) is 33.1. The fourth-order valence-corrected chi connectivity index (χ4v) is 6.27. The van der Waals surface area contributed by atoms with Gasteiger partial charge in [0, 0.05) is 19.3 Å². The van der Waals surface area contributed by atoms with Crippen LogP contribution in [0.25, 0.3) is 0 Å². The Morgan fingerprint density at radius 3 is 1.00 bits per heavy atom. The highest BCUT2D eigenvalue weighted by Gasteiger charge is 2.19. The van der Waals surface area contributed by atoms with E-state index in [1.165, 1.54) is 128 Å². The fourth-order valence-electron chi connectivity index (χ4n) is 6.27. The Balaban J connectivity index is 4.32. The summed E-state index contributed by atoms with van der Waals surface area (Å²) >= 11 is 0. The highest BCUT2D eigenvalue weighted by Crippen LogP contribution is 2.15. The third kappa shape index (κ3) is 37.5. The summed E-state index contributed by atoms with van der Waals surface area (Å²) in [5.41, 5.74) is 0. The summed E-state index contributed by atoms with van der Waals surface area (Å²) in [4.78, 5) is 37.5. The predicted octanol–water partition coefficient (Wildman–Crippen LogP) is 13.2. The minimum absolute atomic E-state index is 0.0652. The van der Waals surface area contributed by atoms with Gasteiger partial charge in [-0.2, -0.15) is 0 Å². The van der Waals surface area contributed by atoms with Crippen LogP contribution in [-0.2, 0) is 28.6 Å². The van der Waals surface area contributed by atoms with Gasteiger partial charge in [-0.1, -0.05) is 195 Å². The van der Waals surface area contributed by atoms with Crippen LogP contribution >= 0.6 is 0 Å². The van der Waals surface area contributed by atoms with Crippen LogP contribution in [-0.4, -0.2) is 37.2 Å². The SMILES string of the molecule is CCCCCCCCCCCCCCCC(=O)O[C@H](COC(=O)CCCCCCCCCCC)COC(=O)CCCCCCCCC(C)C. The summed E-state index contributed by atoms with van der Waals surface area (Å²) in [5, 5.41) is 0. The first-order chi connectivity index (χ1) is 23.9. The monoisotopic (exact) mass is 695 g/mol. The van der Waals surface area contributed by atoms with E-state index in [1.807, 2.05) is 0 Å². The number of ether oxygens (including phenoxy) is 3. The van der Waals surface area contributed by atoms with Gasteiger partial charge in [-0.05, 0) is 25.2 Å². The van der Waals surface area contributed by atoms with Crippen LogP contribution in [0.2, 0.25) is 0 Å². The van der Waals surface area contributed by atoms with E-state index in [9.17, 15) is 14.4 Å². The number of rotatable bonds is 38. The minimum Gasteiger partial charge on any atom is -0.462 e. The molecule has 49 heavy (non-hydrogen) atoms. The molecule has 0 aromatic rings. The third-order valence-corrected chi connectivity index (χ3v) is 9.54. The van der Waals surface area contributed by atoms with Crippen molar-refractivity contribution in [1.82, 2.24) is 0 Å². The molecule has 0 unspecified atom stereocenters. The van der Waals surface area contributed by atoms with Crippen LogP contribution in [0.4, 0.5) is 0 Å². The van der Waals surface area contributed by atoms with Gasteiger partial charge in [0.2, 0.25) is 0 Å². The molecule has 0 aliphatic carbocycles. The lowest BCUT2D eigenvalue weighted by Crippen LogP contribution is -2.30. The number of carbonyl (C=O) groups excluding carboxylic acids is 3. The van der Waals surface area contributed by atoms with E-state index in [2.05, 4.69) is 27.7 Å². The average molecular weight is 695 g/mol. The van der Waals surface area contributed by atoms with Crippen molar-refractivity contribution in [2.75, 3.05) is 13.2 Å². The molecule has 290 valence electrons. The maximum atomic E-state index is 12.7. The Hall–Kier alpha value is -1.59. The molecule has 0 aliphatic heterocycles.